The number of hydrogen-bond acceptors (Lipinski definition) is 3. The summed E-state index contributed by atoms with van der Waals surface area (Å²) in [6.45, 7) is 1.97. The Balaban J connectivity index is 2.05. The van der Waals surface area contributed by atoms with E-state index in [1.807, 2.05) is 19.1 Å². The number of nitrogens with one attached hydrogen (secondary N) is 1. The highest BCUT2D eigenvalue weighted by atomic mass is 32.1. The monoisotopic (exact) mass is 296 g/mol. The van der Waals surface area contributed by atoms with Gasteiger partial charge in [-0.25, -0.2) is 0 Å². The first kappa shape index (κ1) is 13.8. The highest BCUT2D eigenvalue weighted by molar-refractivity contribution is 7.20. The third-order valence-electron chi connectivity index (χ3n) is 3.76. The average molecular weight is 296 g/mol. The fourth-order valence-electron chi connectivity index (χ4n) is 2.76. The van der Waals surface area contributed by atoms with Gasteiger partial charge in [-0.3, -0.25) is 4.79 Å². The van der Waals surface area contributed by atoms with Crippen LogP contribution in [0.5, 0.6) is 0 Å². The van der Waals surface area contributed by atoms with Crippen LogP contribution in [0.3, 0.4) is 0 Å². The lowest BCUT2D eigenvalue weighted by molar-refractivity contribution is -0.116. The molecule has 0 atom stereocenters. The summed E-state index contributed by atoms with van der Waals surface area (Å²) in [5.41, 5.74) is 4.26. The van der Waals surface area contributed by atoms with Crippen molar-refractivity contribution >= 4 is 22.2 Å². The van der Waals surface area contributed by atoms with E-state index in [9.17, 15) is 10.1 Å². The number of fused-ring (bicyclic) bond motifs is 3. The average Bonchev–Trinajstić information content (AvgIpc) is 2.84. The number of carbonyl (C=O) groups is 1. The van der Waals surface area contributed by atoms with E-state index in [4.69, 9.17) is 0 Å². The van der Waals surface area contributed by atoms with E-state index in [0.29, 0.717) is 17.0 Å². The van der Waals surface area contributed by atoms with Crippen molar-refractivity contribution in [3.63, 3.8) is 0 Å². The molecule has 0 spiro atoms. The molecule has 106 valence electrons. The van der Waals surface area contributed by atoms with Crippen molar-refractivity contribution in [2.75, 3.05) is 5.32 Å². The van der Waals surface area contributed by atoms with Gasteiger partial charge in [0.2, 0.25) is 5.91 Å². The predicted molar refractivity (Wildman–Crippen MR) is 85.4 cm³/mol. The number of nitrogens with zero attached hydrogens (tertiary/aromatic N) is 1. The number of aryl methyl sites for hydroxylation is 1. The molecule has 0 saturated heterocycles. The van der Waals surface area contributed by atoms with Crippen LogP contribution in [0.2, 0.25) is 0 Å². The molecule has 0 saturated carbocycles. The minimum absolute atomic E-state index is 0.0131. The summed E-state index contributed by atoms with van der Waals surface area (Å²) < 4.78 is 0. The van der Waals surface area contributed by atoms with Gasteiger partial charge in [0.25, 0.3) is 0 Å². The molecule has 1 amide bonds. The molecule has 1 aromatic heterocycles. The van der Waals surface area contributed by atoms with Gasteiger partial charge < -0.3 is 5.32 Å². The van der Waals surface area contributed by atoms with E-state index in [0.717, 1.165) is 29.7 Å². The van der Waals surface area contributed by atoms with Crippen molar-refractivity contribution in [2.45, 2.75) is 32.6 Å². The first-order chi connectivity index (χ1) is 10.2. The van der Waals surface area contributed by atoms with E-state index in [1.165, 1.54) is 22.5 Å². The topological polar surface area (TPSA) is 52.9 Å². The van der Waals surface area contributed by atoms with Crippen molar-refractivity contribution in [3.8, 4) is 16.5 Å². The number of nitriles is 1. The van der Waals surface area contributed by atoms with Gasteiger partial charge in [-0.15, -0.1) is 11.3 Å². The number of benzene rings is 1. The van der Waals surface area contributed by atoms with Gasteiger partial charge in [0, 0.05) is 11.3 Å². The van der Waals surface area contributed by atoms with Crippen molar-refractivity contribution in [1.82, 2.24) is 0 Å². The van der Waals surface area contributed by atoms with Crippen LogP contribution < -0.4 is 5.32 Å². The first-order valence-electron chi connectivity index (χ1n) is 7.18. The number of anilines is 1. The highest BCUT2D eigenvalue weighted by Crippen LogP contribution is 2.44. The maximum absolute atomic E-state index is 11.8. The normalized spacial score (nSPS) is 12.2. The lowest BCUT2D eigenvalue weighted by Gasteiger charge is -2.15. The quantitative estimate of drug-likeness (QED) is 0.926. The second kappa shape index (κ2) is 5.71. The fourth-order valence-corrected chi connectivity index (χ4v) is 4.04. The molecule has 3 nitrogen and oxygen atoms in total. The van der Waals surface area contributed by atoms with E-state index in [2.05, 4.69) is 23.5 Å². The zero-order valence-corrected chi connectivity index (χ0v) is 12.7. The Morgan fingerprint density at radius 1 is 1.38 bits per heavy atom. The molecule has 0 radical (unpaired) electrons. The molecule has 0 fully saturated rings. The van der Waals surface area contributed by atoms with Crippen LogP contribution in [0, 0.1) is 11.3 Å². The minimum Gasteiger partial charge on any atom is -0.317 e. The highest BCUT2D eigenvalue weighted by Gasteiger charge is 2.24. The third-order valence-corrected chi connectivity index (χ3v) is 4.94. The summed E-state index contributed by atoms with van der Waals surface area (Å²) in [4.78, 5) is 13.0. The molecule has 1 aliphatic carbocycles. The minimum atomic E-state index is -0.0131. The van der Waals surface area contributed by atoms with Gasteiger partial charge in [-0.2, -0.15) is 5.26 Å². The van der Waals surface area contributed by atoms with Gasteiger partial charge in [0.15, 0.2) is 0 Å². The van der Waals surface area contributed by atoms with Crippen LogP contribution in [0.1, 0.15) is 36.5 Å². The Kier molecular flexibility index (Phi) is 3.76. The van der Waals surface area contributed by atoms with Crippen molar-refractivity contribution < 1.29 is 4.79 Å². The van der Waals surface area contributed by atoms with E-state index in [-0.39, 0.29) is 5.91 Å². The lowest BCUT2D eigenvalue weighted by atomic mass is 9.90. The molecule has 0 unspecified atom stereocenters. The SMILES string of the molecule is CCCC(=O)Nc1sc2c(c1C#N)CCc1ccccc1-2. The van der Waals surface area contributed by atoms with Crippen LogP contribution in [-0.4, -0.2) is 5.91 Å². The van der Waals surface area contributed by atoms with E-state index in [1.54, 1.807) is 0 Å². The van der Waals surface area contributed by atoms with Crippen LogP contribution >= 0.6 is 11.3 Å². The van der Waals surface area contributed by atoms with Gasteiger partial charge in [-0.1, -0.05) is 31.2 Å². The molecular weight excluding hydrogens is 280 g/mol. The van der Waals surface area contributed by atoms with Crippen LogP contribution in [0.4, 0.5) is 5.00 Å². The Hall–Kier alpha value is -2.12. The van der Waals surface area contributed by atoms with Gasteiger partial charge >= 0.3 is 0 Å². The number of hydrogen-bond donors (Lipinski definition) is 1. The van der Waals surface area contributed by atoms with E-state index >= 15 is 0 Å². The summed E-state index contributed by atoms with van der Waals surface area (Å²) in [6.07, 6.45) is 3.12. The first-order valence-corrected chi connectivity index (χ1v) is 8.00. The maximum Gasteiger partial charge on any atom is 0.224 e. The molecule has 1 heterocycles. The molecule has 3 rings (SSSR count). The Labute approximate surface area is 128 Å². The zero-order valence-electron chi connectivity index (χ0n) is 11.9. The molecule has 0 aliphatic heterocycles. The fraction of sp³-hybridized carbons (Fsp3) is 0.294. The molecule has 1 N–H and O–H groups in total. The zero-order chi connectivity index (χ0) is 14.8. The smallest absolute Gasteiger partial charge is 0.224 e. The number of amides is 1. The Morgan fingerprint density at radius 3 is 2.95 bits per heavy atom. The van der Waals surface area contributed by atoms with Gasteiger partial charge in [0.1, 0.15) is 11.1 Å². The Bertz CT molecular complexity index is 740. The third kappa shape index (κ3) is 2.45. The van der Waals surface area contributed by atoms with Crippen LogP contribution in [0.15, 0.2) is 24.3 Å². The number of rotatable bonds is 3. The molecule has 2 aromatic rings. The van der Waals surface area contributed by atoms with Crippen molar-refractivity contribution in [3.05, 3.63) is 41.0 Å². The molecule has 4 heteroatoms. The van der Waals surface area contributed by atoms with Crippen molar-refractivity contribution in [1.29, 1.82) is 5.26 Å². The summed E-state index contributed by atoms with van der Waals surface area (Å²) in [5.74, 6) is -0.0131. The molecule has 1 aromatic carbocycles. The maximum atomic E-state index is 11.8. The summed E-state index contributed by atoms with van der Waals surface area (Å²) in [7, 11) is 0. The molecule has 1 aliphatic rings. The summed E-state index contributed by atoms with van der Waals surface area (Å²) in [6, 6.07) is 10.6. The van der Waals surface area contributed by atoms with E-state index < -0.39 is 0 Å². The predicted octanol–water partition coefficient (Wildman–Crippen LogP) is 4.12. The summed E-state index contributed by atoms with van der Waals surface area (Å²) in [5, 5.41) is 13.1. The Morgan fingerprint density at radius 2 is 2.19 bits per heavy atom. The number of carbonyl (C=O) groups excluding carboxylic acids is 1. The van der Waals surface area contributed by atoms with Gasteiger partial charge in [-0.05, 0) is 36.0 Å². The largest absolute Gasteiger partial charge is 0.317 e. The second-order valence-electron chi connectivity index (χ2n) is 5.18. The summed E-state index contributed by atoms with van der Waals surface area (Å²) >= 11 is 1.53. The van der Waals surface area contributed by atoms with Crippen molar-refractivity contribution in [2.24, 2.45) is 0 Å². The molecule has 21 heavy (non-hydrogen) atoms. The lowest BCUT2D eigenvalue weighted by Crippen LogP contribution is -2.10. The standard InChI is InChI=1S/C17H16N2OS/c1-2-5-15(20)19-17-14(10-18)13-9-8-11-6-3-4-7-12(11)16(13)21-17/h3-4,6-7H,2,5,8-9H2,1H3,(H,19,20). The van der Waals surface area contributed by atoms with Crippen LogP contribution in [-0.2, 0) is 17.6 Å². The molecular formula is C17H16N2OS. The van der Waals surface area contributed by atoms with Gasteiger partial charge in [0.05, 0.1) is 5.56 Å². The molecule has 0 bridgehead atoms. The number of thiophene rings is 1. The van der Waals surface area contributed by atoms with Crippen LogP contribution in [0.25, 0.3) is 10.4 Å². The second-order valence-corrected chi connectivity index (χ2v) is 6.20.